The average molecular weight is 510 g/mol. The van der Waals surface area contributed by atoms with Crippen molar-refractivity contribution in [3.63, 3.8) is 0 Å². The van der Waals surface area contributed by atoms with Crippen molar-refractivity contribution >= 4 is 37.5 Å². The molecule has 1 aliphatic heterocycles. The summed E-state index contributed by atoms with van der Waals surface area (Å²) in [7, 11) is -2.22. The van der Waals surface area contributed by atoms with Gasteiger partial charge in [-0.3, -0.25) is 9.52 Å². The third-order valence-electron chi connectivity index (χ3n) is 5.66. The van der Waals surface area contributed by atoms with Gasteiger partial charge in [-0.15, -0.1) is 0 Å². The lowest BCUT2D eigenvalue weighted by molar-refractivity contribution is 0.0661. The van der Waals surface area contributed by atoms with E-state index in [2.05, 4.69) is 25.6 Å². The second-order valence-electron chi connectivity index (χ2n) is 8.05. The quantitative estimate of drug-likeness (QED) is 0.534. The maximum Gasteiger partial charge on any atom is 0.265 e. The summed E-state index contributed by atoms with van der Waals surface area (Å²) in [6.07, 6.45) is 1.90. The normalized spacial score (nSPS) is 17.5. The molecule has 166 valence electrons. The number of amides is 1. The van der Waals surface area contributed by atoms with Crippen LogP contribution in [-0.4, -0.2) is 67.6 Å². The van der Waals surface area contributed by atoms with Crippen molar-refractivity contribution in [2.24, 2.45) is 0 Å². The van der Waals surface area contributed by atoms with Crippen molar-refractivity contribution in [2.75, 3.05) is 37.9 Å². The molecule has 2 aliphatic rings. The first-order valence-electron chi connectivity index (χ1n) is 10.0. The number of hydrogen-bond donors (Lipinski definition) is 3. The molecule has 0 aromatic heterocycles. The van der Waals surface area contributed by atoms with Gasteiger partial charge in [-0.05, 0) is 61.7 Å². The smallest absolute Gasteiger partial charge is 0.265 e. The monoisotopic (exact) mass is 509 g/mol. The molecular weight excluding hydrogens is 486 g/mol. The molecule has 10 heteroatoms. The van der Waals surface area contributed by atoms with E-state index in [-0.39, 0.29) is 28.0 Å². The molecule has 0 unspecified atom stereocenters. The molecule has 1 saturated carbocycles. The molecule has 4 rings (SSSR count). The number of phenolic OH excluding ortho intramolecular Hbond substituents is 2. The molecule has 31 heavy (non-hydrogen) atoms. The first-order chi connectivity index (χ1) is 14.7. The van der Waals surface area contributed by atoms with E-state index in [1.54, 1.807) is 17.0 Å². The number of anilines is 1. The minimum Gasteiger partial charge on any atom is -0.507 e. The van der Waals surface area contributed by atoms with Crippen molar-refractivity contribution in [1.29, 1.82) is 0 Å². The summed E-state index contributed by atoms with van der Waals surface area (Å²) in [6, 6.07) is 7.30. The summed E-state index contributed by atoms with van der Waals surface area (Å²) in [5, 5.41) is 20.9. The van der Waals surface area contributed by atoms with Gasteiger partial charge in [0.05, 0.1) is 11.3 Å². The van der Waals surface area contributed by atoms with Crippen LogP contribution in [0.3, 0.4) is 0 Å². The van der Waals surface area contributed by atoms with Gasteiger partial charge in [-0.2, -0.15) is 0 Å². The van der Waals surface area contributed by atoms with E-state index in [0.29, 0.717) is 17.6 Å². The molecule has 2 aromatic rings. The Morgan fingerprint density at radius 1 is 1.10 bits per heavy atom. The van der Waals surface area contributed by atoms with E-state index >= 15 is 0 Å². The van der Waals surface area contributed by atoms with Crippen LogP contribution in [0.4, 0.5) is 5.69 Å². The van der Waals surface area contributed by atoms with Gasteiger partial charge in [0.15, 0.2) is 5.75 Å². The van der Waals surface area contributed by atoms with E-state index in [9.17, 15) is 23.4 Å². The van der Waals surface area contributed by atoms with Gasteiger partial charge in [0.1, 0.15) is 10.6 Å². The van der Waals surface area contributed by atoms with E-state index in [1.165, 1.54) is 18.2 Å². The van der Waals surface area contributed by atoms with Crippen molar-refractivity contribution in [3.8, 4) is 11.5 Å². The van der Waals surface area contributed by atoms with Crippen LogP contribution in [0.15, 0.2) is 39.7 Å². The molecule has 8 nitrogen and oxygen atoms in total. The van der Waals surface area contributed by atoms with Crippen LogP contribution >= 0.6 is 15.9 Å². The first-order valence-corrected chi connectivity index (χ1v) is 12.3. The van der Waals surface area contributed by atoms with Crippen LogP contribution in [0.5, 0.6) is 11.5 Å². The van der Waals surface area contributed by atoms with E-state index in [4.69, 9.17) is 0 Å². The highest BCUT2D eigenvalue weighted by atomic mass is 79.9. The highest BCUT2D eigenvalue weighted by molar-refractivity contribution is 9.10. The third-order valence-corrected chi connectivity index (χ3v) is 7.55. The van der Waals surface area contributed by atoms with E-state index in [1.807, 2.05) is 7.05 Å². The molecule has 1 heterocycles. The molecule has 3 N–H and O–H groups in total. The number of phenols is 2. The van der Waals surface area contributed by atoms with Crippen LogP contribution < -0.4 is 4.72 Å². The number of carbonyl (C=O) groups is 1. The summed E-state index contributed by atoms with van der Waals surface area (Å²) in [5.74, 6) is -0.908. The number of nitrogens with one attached hydrogen (secondary N) is 1. The molecule has 1 amide bonds. The number of carbonyl (C=O) groups excluding carboxylic acids is 1. The number of benzene rings is 2. The number of halogens is 1. The SMILES string of the molecule is CN1CCN(C(=O)c2cc(C3CC3)cc(NS(=O)(=O)c3cc(Br)ccc3O)c2O)CC1. The fraction of sp³-hybridized carbons (Fsp3) is 0.381. The van der Waals surface area contributed by atoms with Crippen LogP contribution in [0.1, 0.15) is 34.7 Å². The zero-order chi connectivity index (χ0) is 22.3. The standard InChI is InChI=1S/C21H24BrN3O5S/c1-24-6-8-25(9-7-24)21(28)16-10-14(13-2-3-13)11-17(20(16)27)23-31(29,30)19-12-15(22)4-5-18(19)26/h4-5,10-13,23,26-27H,2-3,6-9H2,1H3. The average Bonchev–Trinajstić information content (AvgIpc) is 3.56. The Kier molecular flexibility index (Phi) is 5.89. The Balaban J connectivity index is 1.71. The Bertz CT molecular complexity index is 1130. The fourth-order valence-corrected chi connectivity index (χ4v) is 5.33. The van der Waals surface area contributed by atoms with Gasteiger partial charge in [0, 0.05) is 30.7 Å². The Morgan fingerprint density at radius 2 is 1.77 bits per heavy atom. The van der Waals surface area contributed by atoms with Gasteiger partial charge in [-0.1, -0.05) is 15.9 Å². The topological polar surface area (TPSA) is 110 Å². The zero-order valence-corrected chi connectivity index (χ0v) is 19.4. The second kappa shape index (κ2) is 8.33. The van der Waals surface area contributed by atoms with Gasteiger partial charge >= 0.3 is 0 Å². The number of nitrogens with zero attached hydrogens (tertiary/aromatic N) is 2. The lowest BCUT2D eigenvalue weighted by Gasteiger charge is -2.32. The van der Waals surface area contributed by atoms with Crippen molar-refractivity contribution in [2.45, 2.75) is 23.7 Å². The first kappa shape index (κ1) is 21.9. The summed E-state index contributed by atoms with van der Waals surface area (Å²) in [6.45, 7) is 2.54. The predicted molar refractivity (Wildman–Crippen MR) is 120 cm³/mol. The van der Waals surface area contributed by atoms with Gasteiger partial charge < -0.3 is 20.0 Å². The Morgan fingerprint density at radius 3 is 2.42 bits per heavy atom. The number of likely N-dealkylation sites (N-methyl/N-ethyl adjacent to an activating group) is 1. The number of sulfonamides is 1. The second-order valence-corrected chi connectivity index (χ2v) is 10.6. The Hall–Kier alpha value is -2.30. The molecule has 0 atom stereocenters. The van der Waals surface area contributed by atoms with Gasteiger partial charge in [0.2, 0.25) is 0 Å². The summed E-state index contributed by atoms with van der Waals surface area (Å²) in [4.78, 5) is 16.6. The summed E-state index contributed by atoms with van der Waals surface area (Å²) >= 11 is 3.20. The molecule has 0 spiro atoms. The zero-order valence-electron chi connectivity index (χ0n) is 17.0. The maximum atomic E-state index is 13.1. The fourth-order valence-electron chi connectivity index (χ4n) is 3.63. The summed E-state index contributed by atoms with van der Waals surface area (Å²) < 4.78 is 28.7. The van der Waals surface area contributed by atoms with Crippen LogP contribution in [0.2, 0.25) is 0 Å². The van der Waals surface area contributed by atoms with Crippen LogP contribution in [0.25, 0.3) is 0 Å². The highest BCUT2D eigenvalue weighted by Gasteiger charge is 2.31. The van der Waals surface area contributed by atoms with Crippen molar-refractivity contribution < 1.29 is 23.4 Å². The molecular formula is C21H24BrN3O5S. The number of hydrogen-bond acceptors (Lipinski definition) is 6. The van der Waals surface area contributed by atoms with Crippen LogP contribution in [-0.2, 0) is 10.0 Å². The number of aromatic hydroxyl groups is 2. The Labute approximate surface area is 189 Å². The lowest BCUT2D eigenvalue weighted by atomic mass is 10.0. The molecule has 1 saturated heterocycles. The van der Waals surface area contributed by atoms with Gasteiger partial charge in [0.25, 0.3) is 15.9 Å². The molecule has 0 radical (unpaired) electrons. The molecule has 1 aliphatic carbocycles. The lowest BCUT2D eigenvalue weighted by Crippen LogP contribution is -2.47. The molecule has 2 fully saturated rings. The van der Waals surface area contributed by atoms with Crippen LogP contribution in [0, 0.1) is 0 Å². The molecule has 0 bridgehead atoms. The number of rotatable bonds is 5. The molecule has 2 aromatic carbocycles. The van der Waals surface area contributed by atoms with Gasteiger partial charge in [-0.25, -0.2) is 8.42 Å². The minimum absolute atomic E-state index is 0.0683. The predicted octanol–water partition coefficient (Wildman–Crippen LogP) is 2.93. The van der Waals surface area contributed by atoms with Crippen molar-refractivity contribution in [3.05, 3.63) is 45.9 Å². The number of piperazine rings is 1. The van der Waals surface area contributed by atoms with E-state index in [0.717, 1.165) is 31.5 Å². The largest absolute Gasteiger partial charge is 0.507 e. The summed E-state index contributed by atoms with van der Waals surface area (Å²) in [5.41, 5.74) is 0.831. The third kappa shape index (κ3) is 4.65. The minimum atomic E-state index is -4.21. The van der Waals surface area contributed by atoms with E-state index < -0.39 is 21.5 Å². The van der Waals surface area contributed by atoms with Crippen molar-refractivity contribution in [1.82, 2.24) is 9.80 Å². The maximum absolute atomic E-state index is 13.1. The highest BCUT2D eigenvalue weighted by Crippen LogP contribution is 2.44.